The van der Waals surface area contributed by atoms with Crippen LogP contribution in [-0.2, 0) is 0 Å². The Kier molecular flexibility index (Phi) is 4.00. The van der Waals surface area contributed by atoms with E-state index in [1.807, 2.05) is 6.07 Å². The molecule has 0 aliphatic heterocycles. The molecule has 19 heavy (non-hydrogen) atoms. The summed E-state index contributed by atoms with van der Waals surface area (Å²) in [5.74, 6) is -0.370. The summed E-state index contributed by atoms with van der Waals surface area (Å²) < 4.78 is 14.7. The molecule has 0 saturated heterocycles. The van der Waals surface area contributed by atoms with Gasteiger partial charge in [-0.2, -0.15) is 0 Å². The van der Waals surface area contributed by atoms with Crippen LogP contribution in [-0.4, -0.2) is 12.8 Å². The summed E-state index contributed by atoms with van der Waals surface area (Å²) >= 11 is 3.37. The van der Waals surface area contributed by atoms with Crippen LogP contribution < -0.4 is 4.90 Å². The molecule has 2 rings (SSSR count). The summed E-state index contributed by atoms with van der Waals surface area (Å²) in [6.07, 6.45) is 0. The first-order chi connectivity index (χ1) is 9.00. The SMILES string of the molecule is CC(=O)c1ccc(Br)cc1N(C)c1ccccc1F. The zero-order chi connectivity index (χ0) is 14.0. The second-order valence-electron chi connectivity index (χ2n) is 4.23. The Labute approximate surface area is 120 Å². The Balaban J connectivity index is 2.55. The average molecular weight is 322 g/mol. The fraction of sp³-hybridized carbons (Fsp3) is 0.133. The summed E-state index contributed by atoms with van der Waals surface area (Å²) in [4.78, 5) is 13.3. The van der Waals surface area contributed by atoms with Gasteiger partial charge in [-0.1, -0.05) is 28.1 Å². The standard InChI is InChI=1S/C15H13BrFNO/c1-10(19)12-8-7-11(16)9-15(12)18(2)14-6-4-3-5-13(14)17/h3-9H,1-2H3. The van der Waals surface area contributed by atoms with Crippen molar-refractivity contribution in [2.75, 3.05) is 11.9 Å². The number of rotatable bonds is 3. The maximum atomic E-state index is 13.8. The van der Waals surface area contributed by atoms with E-state index in [0.29, 0.717) is 16.9 Å². The smallest absolute Gasteiger partial charge is 0.161 e. The summed E-state index contributed by atoms with van der Waals surface area (Å²) in [6.45, 7) is 1.50. The van der Waals surface area contributed by atoms with Gasteiger partial charge in [-0.05, 0) is 37.3 Å². The summed E-state index contributed by atoms with van der Waals surface area (Å²) in [5, 5.41) is 0. The molecule has 0 aliphatic rings. The topological polar surface area (TPSA) is 20.3 Å². The molecule has 0 aliphatic carbocycles. The monoisotopic (exact) mass is 321 g/mol. The molecule has 0 amide bonds. The molecule has 0 atom stereocenters. The van der Waals surface area contributed by atoms with Gasteiger partial charge in [0.05, 0.1) is 11.4 Å². The van der Waals surface area contributed by atoms with Crippen molar-refractivity contribution in [2.24, 2.45) is 0 Å². The van der Waals surface area contributed by atoms with Gasteiger partial charge < -0.3 is 4.90 Å². The number of anilines is 2. The number of ketones is 1. The molecular formula is C15H13BrFNO. The Hall–Kier alpha value is -1.68. The second kappa shape index (κ2) is 5.53. The molecule has 0 bridgehead atoms. The second-order valence-corrected chi connectivity index (χ2v) is 5.14. The van der Waals surface area contributed by atoms with Crippen molar-refractivity contribution in [3.8, 4) is 0 Å². The molecule has 0 heterocycles. The van der Waals surface area contributed by atoms with Gasteiger partial charge in [0.25, 0.3) is 0 Å². The quantitative estimate of drug-likeness (QED) is 0.772. The first-order valence-electron chi connectivity index (χ1n) is 5.79. The van der Waals surface area contributed by atoms with E-state index in [9.17, 15) is 9.18 Å². The molecule has 2 aromatic rings. The van der Waals surface area contributed by atoms with Crippen LogP contribution in [0.15, 0.2) is 46.9 Å². The highest BCUT2D eigenvalue weighted by atomic mass is 79.9. The molecule has 2 nitrogen and oxygen atoms in total. The van der Waals surface area contributed by atoms with Crippen LogP contribution in [0.1, 0.15) is 17.3 Å². The maximum absolute atomic E-state index is 13.8. The number of hydrogen-bond acceptors (Lipinski definition) is 2. The van der Waals surface area contributed by atoms with E-state index in [4.69, 9.17) is 0 Å². The lowest BCUT2D eigenvalue weighted by Crippen LogP contribution is -2.14. The molecule has 0 unspecified atom stereocenters. The van der Waals surface area contributed by atoms with Gasteiger partial charge >= 0.3 is 0 Å². The minimum absolute atomic E-state index is 0.0503. The van der Waals surface area contributed by atoms with Crippen LogP contribution in [0.5, 0.6) is 0 Å². The van der Waals surface area contributed by atoms with E-state index in [1.165, 1.54) is 13.0 Å². The molecule has 0 saturated carbocycles. The highest BCUT2D eigenvalue weighted by Crippen LogP contribution is 2.31. The lowest BCUT2D eigenvalue weighted by Gasteiger charge is -2.22. The highest BCUT2D eigenvalue weighted by molar-refractivity contribution is 9.10. The van der Waals surface area contributed by atoms with Crippen molar-refractivity contribution in [1.82, 2.24) is 0 Å². The van der Waals surface area contributed by atoms with Crippen LogP contribution in [0, 0.1) is 5.82 Å². The van der Waals surface area contributed by atoms with Crippen LogP contribution in [0.2, 0.25) is 0 Å². The summed E-state index contributed by atoms with van der Waals surface area (Å²) in [5.41, 5.74) is 1.67. The number of halogens is 2. The molecule has 0 N–H and O–H groups in total. The first-order valence-corrected chi connectivity index (χ1v) is 6.58. The zero-order valence-electron chi connectivity index (χ0n) is 10.7. The minimum atomic E-state index is -0.320. The van der Waals surface area contributed by atoms with Gasteiger partial charge in [0.2, 0.25) is 0 Å². The molecule has 0 fully saturated rings. The van der Waals surface area contributed by atoms with Gasteiger partial charge in [-0.15, -0.1) is 0 Å². The lowest BCUT2D eigenvalue weighted by atomic mass is 10.1. The molecule has 0 radical (unpaired) electrons. The maximum Gasteiger partial charge on any atom is 0.161 e. The van der Waals surface area contributed by atoms with E-state index >= 15 is 0 Å². The van der Waals surface area contributed by atoms with Crippen molar-refractivity contribution in [1.29, 1.82) is 0 Å². The molecule has 98 valence electrons. The predicted octanol–water partition coefficient (Wildman–Crippen LogP) is 4.56. The predicted molar refractivity (Wildman–Crippen MR) is 78.6 cm³/mol. The first kappa shape index (κ1) is 13.7. The fourth-order valence-corrected chi connectivity index (χ4v) is 2.28. The molecule has 2 aromatic carbocycles. The normalized spacial score (nSPS) is 10.3. The van der Waals surface area contributed by atoms with Crippen molar-refractivity contribution in [3.05, 3.63) is 58.3 Å². The van der Waals surface area contributed by atoms with Crippen molar-refractivity contribution in [2.45, 2.75) is 6.92 Å². The van der Waals surface area contributed by atoms with Gasteiger partial charge in [-0.25, -0.2) is 4.39 Å². The Morgan fingerprint density at radius 2 is 1.84 bits per heavy atom. The number of para-hydroxylation sites is 1. The summed E-state index contributed by atoms with van der Waals surface area (Å²) in [7, 11) is 1.74. The number of hydrogen-bond donors (Lipinski definition) is 0. The van der Waals surface area contributed by atoms with Crippen molar-refractivity contribution < 1.29 is 9.18 Å². The number of carbonyl (C=O) groups excluding carboxylic acids is 1. The van der Waals surface area contributed by atoms with Gasteiger partial charge in [0, 0.05) is 17.1 Å². The largest absolute Gasteiger partial charge is 0.342 e. The third kappa shape index (κ3) is 2.84. The zero-order valence-corrected chi connectivity index (χ0v) is 12.2. The molecular weight excluding hydrogens is 309 g/mol. The minimum Gasteiger partial charge on any atom is -0.342 e. The lowest BCUT2D eigenvalue weighted by molar-refractivity contribution is 0.101. The van der Waals surface area contributed by atoms with E-state index in [2.05, 4.69) is 15.9 Å². The Bertz CT molecular complexity index is 627. The fourth-order valence-electron chi connectivity index (χ4n) is 1.93. The Morgan fingerprint density at radius 3 is 2.47 bits per heavy atom. The third-order valence-electron chi connectivity index (χ3n) is 2.91. The van der Waals surface area contributed by atoms with E-state index < -0.39 is 0 Å². The molecule has 0 aromatic heterocycles. The van der Waals surface area contributed by atoms with Crippen LogP contribution >= 0.6 is 15.9 Å². The molecule has 4 heteroatoms. The van der Waals surface area contributed by atoms with Crippen molar-refractivity contribution in [3.63, 3.8) is 0 Å². The van der Waals surface area contributed by atoms with Crippen molar-refractivity contribution >= 4 is 33.1 Å². The number of Topliss-reactive ketones (excluding diaryl/α,β-unsaturated/α-hetero) is 1. The van der Waals surface area contributed by atoms with E-state index in [0.717, 1.165) is 4.47 Å². The molecule has 0 spiro atoms. The van der Waals surface area contributed by atoms with E-state index in [-0.39, 0.29) is 11.6 Å². The van der Waals surface area contributed by atoms with Crippen LogP contribution in [0.3, 0.4) is 0 Å². The van der Waals surface area contributed by atoms with E-state index in [1.54, 1.807) is 42.3 Å². The Morgan fingerprint density at radius 1 is 1.16 bits per heavy atom. The van der Waals surface area contributed by atoms with Gasteiger partial charge in [0.15, 0.2) is 5.78 Å². The van der Waals surface area contributed by atoms with Crippen LogP contribution in [0.4, 0.5) is 15.8 Å². The van der Waals surface area contributed by atoms with Gasteiger partial charge in [0.1, 0.15) is 5.82 Å². The number of nitrogens with zero attached hydrogens (tertiary/aromatic N) is 1. The highest BCUT2D eigenvalue weighted by Gasteiger charge is 2.15. The van der Waals surface area contributed by atoms with Gasteiger partial charge in [-0.3, -0.25) is 4.79 Å². The number of benzene rings is 2. The third-order valence-corrected chi connectivity index (χ3v) is 3.41. The number of carbonyl (C=O) groups is 1. The average Bonchev–Trinajstić information content (AvgIpc) is 2.38. The summed E-state index contributed by atoms with van der Waals surface area (Å²) in [6, 6.07) is 11.8. The van der Waals surface area contributed by atoms with Crippen LogP contribution in [0.25, 0.3) is 0 Å².